The van der Waals surface area contributed by atoms with E-state index in [0.29, 0.717) is 12.0 Å². The Morgan fingerprint density at radius 1 is 1.05 bits per heavy atom. The van der Waals surface area contributed by atoms with E-state index in [1.807, 2.05) is 6.07 Å². The first-order chi connectivity index (χ1) is 10.1. The van der Waals surface area contributed by atoms with Crippen molar-refractivity contribution in [2.75, 3.05) is 6.54 Å². The molecule has 0 saturated carbocycles. The first-order valence-electron chi connectivity index (χ1n) is 8.62. The molecule has 1 atom stereocenters. The van der Waals surface area contributed by atoms with Gasteiger partial charge in [-0.2, -0.15) is 0 Å². The van der Waals surface area contributed by atoms with Crippen molar-refractivity contribution in [2.24, 2.45) is 0 Å². The molecular weight excluding hydrogens is 261 g/mol. The second-order valence-corrected chi connectivity index (χ2v) is 6.37. The Hall–Kier alpha value is -0.890. The Labute approximate surface area is 130 Å². The van der Waals surface area contributed by atoms with Crippen LogP contribution in [0.2, 0.25) is 0 Å². The molecule has 0 aliphatic carbocycles. The maximum atomic E-state index is 13.4. The highest BCUT2D eigenvalue weighted by Crippen LogP contribution is 2.23. The summed E-state index contributed by atoms with van der Waals surface area (Å²) in [5.74, 6) is 0.305. The molecule has 0 amide bonds. The summed E-state index contributed by atoms with van der Waals surface area (Å²) < 4.78 is 13.4. The number of unbranched alkanes of at least 4 members (excludes halogenated alkanes) is 5. The van der Waals surface area contributed by atoms with Crippen molar-refractivity contribution in [1.82, 2.24) is 5.32 Å². The van der Waals surface area contributed by atoms with Crippen LogP contribution in [-0.2, 0) is 0 Å². The Kier molecular flexibility index (Phi) is 9.32. The Morgan fingerprint density at radius 3 is 2.43 bits per heavy atom. The minimum atomic E-state index is -0.120. The predicted octanol–water partition coefficient (Wildman–Crippen LogP) is 5.66. The third kappa shape index (κ3) is 8.21. The molecule has 1 unspecified atom stereocenters. The van der Waals surface area contributed by atoms with E-state index < -0.39 is 0 Å². The van der Waals surface area contributed by atoms with Crippen LogP contribution in [0.4, 0.5) is 4.39 Å². The second-order valence-electron chi connectivity index (χ2n) is 6.37. The monoisotopic (exact) mass is 293 g/mol. The van der Waals surface area contributed by atoms with Crippen LogP contribution in [0.25, 0.3) is 0 Å². The summed E-state index contributed by atoms with van der Waals surface area (Å²) in [5, 5.41) is 3.50. The van der Waals surface area contributed by atoms with Gasteiger partial charge in [0.1, 0.15) is 5.82 Å². The molecule has 1 rings (SSSR count). The Morgan fingerprint density at radius 2 is 1.76 bits per heavy atom. The van der Waals surface area contributed by atoms with Gasteiger partial charge >= 0.3 is 0 Å². The quantitative estimate of drug-likeness (QED) is 0.519. The van der Waals surface area contributed by atoms with E-state index in [4.69, 9.17) is 0 Å². The molecule has 1 nitrogen and oxygen atoms in total. The predicted molar refractivity (Wildman–Crippen MR) is 90.3 cm³/mol. The zero-order valence-corrected chi connectivity index (χ0v) is 14.0. The van der Waals surface area contributed by atoms with Gasteiger partial charge in [-0.3, -0.25) is 0 Å². The van der Waals surface area contributed by atoms with E-state index in [1.165, 1.54) is 44.6 Å². The summed E-state index contributed by atoms with van der Waals surface area (Å²) in [6.07, 6.45) is 9.02. The van der Waals surface area contributed by atoms with Crippen molar-refractivity contribution in [3.05, 3.63) is 35.6 Å². The number of nitrogens with one attached hydrogen (secondary N) is 1. The van der Waals surface area contributed by atoms with Crippen LogP contribution >= 0.6 is 0 Å². The van der Waals surface area contributed by atoms with Gasteiger partial charge in [-0.1, -0.05) is 71.4 Å². The van der Waals surface area contributed by atoms with E-state index in [0.717, 1.165) is 18.5 Å². The van der Waals surface area contributed by atoms with Crippen LogP contribution in [0.5, 0.6) is 0 Å². The molecule has 0 fully saturated rings. The third-order valence-corrected chi connectivity index (χ3v) is 4.00. The SMILES string of the molecule is CCCCCCCCC(CNC(C)C)c1cccc(F)c1. The first kappa shape index (κ1) is 18.2. The van der Waals surface area contributed by atoms with Gasteiger partial charge in [-0.05, 0) is 30.0 Å². The molecule has 1 aromatic rings. The summed E-state index contributed by atoms with van der Waals surface area (Å²) in [4.78, 5) is 0. The summed E-state index contributed by atoms with van der Waals surface area (Å²) in [6.45, 7) is 7.51. The lowest BCUT2D eigenvalue weighted by atomic mass is 9.92. The normalized spacial score (nSPS) is 12.8. The molecule has 0 saturated heterocycles. The van der Waals surface area contributed by atoms with E-state index in [9.17, 15) is 4.39 Å². The number of hydrogen-bond donors (Lipinski definition) is 1. The van der Waals surface area contributed by atoms with Gasteiger partial charge in [-0.25, -0.2) is 4.39 Å². The van der Waals surface area contributed by atoms with E-state index in [-0.39, 0.29) is 5.82 Å². The van der Waals surface area contributed by atoms with Gasteiger partial charge in [0.25, 0.3) is 0 Å². The molecule has 0 heterocycles. The highest BCUT2D eigenvalue weighted by molar-refractivity contribution is 5.21. The average molecular weight is 293 g/mol. The van der Waals surface area contributed by atoms with E-state index >= 15 is 0 Å². The summed E-state index contributed by atoms with van der Waals surface area (Å²) in [6, 6.07) is 7.59. The number of rotatable bonds is 11. The lowest BCUT2D eigenvalue weighted by molar-refractivity contribution is 0.480. The molecule has 2 heteroatoms. The van der Waals surface area contributed by atoms with Crippen molar-refractivity contribution in [2.45, 2.75) is 77.7 Å². The third-order valence-electron chi connectivity index (χ3n) is 4.00. The smallest absolute Gasteiger partial charge is 0.123 e. The second kappa shape index (κ2) is 10.8. The van der Waals surface area contributed by atoms with Crippen LogP contribution in [0.1, 0.15) is 77.2 Å². The molecule has 0 aliphatic heterocycles. The fourth-order valence-corrected chi connectivity index (χ4v) is 2.70. The van der Waals surface area contributed by atoms with Gasteiger partial charge in [0.15, 0.2) is 0 Å². The molecule has 1 aromatic carbocycles. The zero-order valence-electron chi connectivity index (χ0n) is 14.0. The molecule has 0 radical (unpaired) electrons. The van der Waals surface area contributed by atoms with Crippen molar-refractivity contribution in [3.63, 3.8) is 0 Å². The largest absolute Gasteiger partial charge is 0.314 e. The van der Waals surface area contributed by atoms with Crippen LogP contribution in [0.3, 0.4) is 0 Å². The lowest BCUT2D eigenvalue weighted by Crippen LogP contribution is -2.28. The Balaban J connectivity index is 2.45. The van der Waals surface area contributed by atoms with Crippen LogP contribution < -0.4 is 5.32 Å². The van der Waals surface area contributed by atoms with Gasteiger partial charge in [0.05, 0.1) is 0 Å². The summed E-state index contributed by atoms with van der Waals surface area (Å²) in [7, 11) is 0. The van der Waals surface area contributed by atoms with Gasteiger partial charge < -0.3 is 5.32 Å². The molecular formula is C19H32FN. The number of halogens is 1. The van der Waals surface area contributed by atoms with Crippen molar-refractivity contribution < 1.29 is 4.39 Å². The summed E-state index contributed by atoms with van der Waals surface area (Å²) in [5.41, 5.74) is 1.14. The standard InChI is InChI=1S/C19H32FN/c1-4-5-6-7-8-9-11-18(15-21-16(2)3)17-12-10-13-19(20)14-17/h10,12-14,16,18,21H,4-9,11,15H2,1-3H3. The van der Waals surface area contributed by atoms with Crippen LogP contribution in [0.15, 0.2) is 24.3 Å². The Bertz CT molecular complexity index is 376. The summed E-state index contributed by atoms with van der Waals surface area (Å²) >= 11 is 0. The molecule has 21 heavy (non-hydrogen) atoms. The molecule has 0 aromatic heterocycles. The fourth-order valence-electron chi connectivity index (χ4n) is 2.70. The molecule has 0 spiro atoms. The first-order valence-corrected chi connectivity index (χ1v) is 8.62. The molecule has 1 N–H and O–H groups in total. The minimum absolute atomic E-state index is 0.120. The zero-order chi connectivity index (χ0) is 15.5. The maximum absolute atomic E-state index is 13.4. The highest BCUT2D eigenvalue weighted by Gasteiger charge is 2.12. The highest BCUT2D eigenvalue weighted by atomic mass is 19.1. The number of benzene rings is 1. The average Bonchev–Trinajstić information content (AvgIpc) is 2.45. The van der Waals surface area contributed by atoms with Crippen LogP contribution in [-0.4, -0.2) is 12.6 Å². The van der Waals surface area contributed by atoms with Crippen molar-refractivity contribution >= 4 is 0 Å². The minimum Gasteiger partial charge on any atom is -0.314 e. The van der Waals surface area contributed by atoms with Crippen molar-refractivity contribution in [1.29, 1.82) is 0 Å². The van der Waals surface area contributed by atoms with Crippen molar-refractivity contribution in [3.8, 4) is 0 Å². The fraction of sp³-hybridized carbons (Fsp3) is 0.684. The lowest BCUT2D eigenvalue weighted by Gasteiger charge is -2.20. The van der Waals surface area contributed by atoms with Gasteiger partial charge in [-0.15, -0.1) is 0 Å². The topological polar surface area (TPSA) is 12.0 Å². The van der Waals surface area contributed by atoms with Crippen LogP contribution in [0, 0.1) is 5.82 Å². The van der Waals surface area contributed by atoms with Gasteiger partial charge in [0.2, 0.25) is 0 Å². The van der Waals surface area contributed by atoms with Gasteiger partial charge in [0, 0.05) is 12.6 Å². The maximum Gasteiger partial charge on any atom is 0.123 e. The van der Waals surface area contributed by atoms with E-state index in [1.54, 1.807) is 6.07 Å². The molecule has 0 aliphatic rings. The number of hydrogen-bond acceptors (Lipinski definition) is 1. The van der Waals surface area contributed by atoms with E-state index in [2.05, 4.69) is 32.2 Å². The molecule has 120 valence electrons. The molecule has 0 bridgehead atoms.